The Kier molecular flexibility index (Phi) is 4.88. The number of aliphatic hydroxyl groups is 1. The second kappa shape index (κ2) is 7.05. The predicted molar refractivity (Wildman–Crippen MR) is 88.6 cm³/mol. The first-order chi connectivity index (χ1) is 10.8. The minimum atomic E-state index is -0.616. The van der Waals surface area contributed by atoms with E-state index in [0.29, 0.717) is 32.6 Å². The van der Waals surface area contributed by atoms with E-state index in [-0.39, 0.29) is 0 Å². The van der Waals surface area contributed by atoms with Gasteiger partial charge in [0.15, 0.2) is 0 Å². The van der Waals surface area contributed by atoms with Crippen LogP contribution < -0.4 is 5.32 Å². The molecular weight excluding hydrogens is 274 g/mol. The fraction of sp³-hybridized carbons (Fsp3) is 0.368. The summed E-state index contributed by atoms with van der Waals surface area (Å²) in [7, 11) is 0. The summed E-state index contributed by atoms with van der Waals surface area (Å²) in [4.78, 5) is 0. The van der Waals surface area contributed by atoms with Gasteiger partial charge in [0, 0.05) is 39.1 Å². The normalized spacial score (nSPS) is 17.3. The second-order valence-corrected chi connectivity index (χ2v) is 6.01. The van der Waals surface area contributed by atoms with Gasteiger partial charge in [-0.3, -0.25) is 0 Å². The lowest BCUT2D eigenvalue weighted by atomic mass is 9.94. The summed E-state index contributed by atoms with van der Waals surface area (Å²) in [6, 6.07) is 18.9. The van der Waals surface area contributed by atoms with Gasteiger partial charge in [-0.25, -0.2) is 0 Å². The predicted octanol–water partition coefficient (Wildman–Crippen LogP) is 2.98. The first kappa shape index (κ1) is 15.2. The monoisotopic (exact) mass is 297 g/mol. The van der Waals surface area contributed by atoms with Crippen molar-refractivity contribution in [1.82, 2.24) is 5.32 Å². The van der Waals surface area contributed by atoms with Crippen molar-refractivity contribution in [2.75, 3.05) is 19.8 Å². The SMILES string of the molecule is OC1(CNCc2cccc(-c3ccccc3)c2)CCOCC1. The van der Waals surface area contributed by atoms with Crippen LogP contribution in [0.3, 0.4) is 0 Å². The molecule has 0 spiro atoms. The number of hydrogen-bond donors (Lipinski definition) is 2. The zero-order valence-corrected chi connectivity index (χ0v) is 12.8. The van der Waals surface area contributed by atoms with Gasteiger partial charge >= 0.3 is 0 Å². The average Bonchev–Trinajstić information content (AvgIpc) is 2.56. The van der Waals surface area contributed by atoms with E-state index in [1.54, 1.807) is 0 Å². The van der Waals surface area contributed by atoms with Crippen molar-refractivity contribution in [3.05, 3.63) is 60.2 Å². The van der Waals surface area contributed by atoms with Gasteiger partial charge in [-0.05, 0) is 22.8 Å². The van der Waals surface area contributed by atoms with Crippen molar-refractivity contribution in [3.63, 3.8) is 0 Å². The van der Waals surface area contributed by atoms with E-state index < -0.39 is 5.60 Å². The summed E-state index contributed by atoms with van der Waals surface area (Å²) in [6.07, 6.45) is 1.42. The Morgan fingerprint density at radius 3 is 2.45 bits per heavy atom. The highest BCUT2D eigenvalue weighted by atomic mass is 16.5. The Labute approximate surface area is 131 Å². The van der Waals surface area contributed by atoms with Crippen molar-refractivity contribution >= 4 is 0 Å². The molecule has 1 heterocycles. The fourth-order valence-corrected chi connectivity index (χ4v) is 2.86. The minimum Gasteiger partial charge on any atom is -0.388 e. The van der Waals surface area contributed by atoms with E-state index in [2.05, 4.69) is 53.8 Å². The zero-order chi connectivity index (χ0) is 15.3. The molecule has 22 heavy (non-hydrogen) atoms. The zero-order valence-electron chi connectivity index (χ0n) is 12.8. The average molecular weight is 297 g/mol. The fourth-order valence-electron chi connectivity index (χ4n) is 2.86. The Bertz CT molecular complexity index is 591. The van der Waals surface area contributed by atoms with Gasteiger partial charge in [-0.15, -0.1) is 0 Å². The molecule has 3 rings (SSSR count). The summed E-state index contributed by atoms with van der Waals surface area (Å²) >= 11 is 0. The van der Waals surface area contributed by atoms with Crippen LogP contribution in [0.5, 0.6) is 0 Å². The van der Waals surface area contributed by atoms with Crippen LogP contribution >= 0.6 is 0 Å². The number of rotatable bonds is 5. The molecule has 0 radical (unpaired) electrons. The summed E-state index contributed by atoms with van der Waals surface area (Å²) in [5, 5.41) is 13.8. The summed E-state index contributed by atoms with van der Waals surface area (Å²) in [6.45, 7) is 2.69. The summed E-state index contributed by atoms with van der Waals surface area (Å²) in [5.74, 6) is 0. The molecule has 1 aliphatic rings. The number of benzene rings is 2. The molecule has 2 N–H and O–H groups in total. The van der Waals surface area contributed by atoms with Gasteiger partial charge in [-0.1, -0.05) is 48.5 Å². The van der Waals surface area contributed by atoms with Gasteiger partial charge in [0.1, 0.15) is 0 Å². The van der Waals surface area contributed by atoms with E-state index in [4.69, 9.17) is 4.74 Å². The molecule has 0 unspecified atom stereocenters. The van der Waals surface area contributed by atoms with E-state index in [1.165, 1.54) is 16.7 Å². The van der Waals surface area contributed by atoms with Crippen LogP contribution in [0.25, 0.3) is 11.1 Å². The summed E-state index contributed by atoms with van der Waals surface area (Å²) < 4.78 is 5.31. The van der Waals surface area contributed by atoms with Crippen LogP contribution in [-0.4, -0.2) is 30.5 Å². The van der Waals surface area contributed by atoms with Crippen LogP contribution in [-0.2, 0) is 11.3 Å². The largest absolute Gasteiger partial charge is 0.388 e. The Morgan fingerprint density at radius 1 is 0.955 bits per heavy atom. The highest BCUT2D eigenvalue weighted by molar-refractivity contribution is 5.63. The molecule has 0 amide bonds. The topological polar surface area (TPSA) is 41.5 Å². The lowest BCUT2D eigenvalue weighted by Gasteiger charge is -2.32. The molecule has 3 nitrogen and oxygen atoms in total. The van der Waals surface area contributed by atoms with E-state index in [0.717, 1.165) is 6.54 Å². The van der Waals surface area contributed by atoms with Gasteiger partial charge in [0.25, 0.3) is 0 Å². The van der Waals surface area contributed by atoms with Crippen LogP contribution in [0, 0.1) is 0 Å². The molecule has 0 aromatic heterocycles. The standard InChI is InChI=1S/C19H23NO2/c21-19(9-11-22-12-10-19)15-20-14-16-5-4-8-18(13-16)17-6-2-1-3-7-17/h1-8,13,20-21H,9-12,14-15H2. The first-order valence-electron chi connectivity index (χ1n) is 7.90. The number of nitrogens with one attached hydrogen (secondary N) is 1. The maximum Gasteiger partial charge on any atom is 0.0815 e. The lowest BCUT2D eigenvalue weighted by molar-refractivity contribution is -0.0617. The molecule has 2 aromatic rings. The van der Waals surface area contributed by atoms with Gasteiger partial charge < -0.3 is 15.2 Å². The van der Waals surface area contributed by atoms with Crippen molar-refractivity contribution in [1.29, 1.82) is 0 Å². The van der Waals surface area contributed by atoms with Gasteiger partial charge in [0.2, 0.25) is 0 Å². The third-order valence-corrected chi connectivity index (χ3v) is 4.24. The van der Waals surface area contributed by atoms with Crippen LogP contribution in [0.1, 0.15) is 18.4 Å². The second-order valence-electron chi connectivity index (χ2n) is 6.01. The molecule has 2 aromatic carbocycles. The van der Waals surface area contributed by atoms with Gasteiger partial charge in [0.05, 0.1) is 5.60 Å². The van der Waals surface area contributed by atoms with E-state index in [9.17, 15) is 5.11 Å². The van der Waals surface area contributed by atoms with Crippen molar-refractivity contribution in [2.24, 2.45) is 0 Å². The molecule has 0 atom stereocenters. The third-order valence-electron chi connectivity index (χ3n) is 4.24. The van der Waals surface area contributed by atoms with Gasteiger partial charge in [-0.2, -0.15) is 0 Å². The molecule has 0 saturated carbocycles. The molecule has 1 fully saturated rings. The van der Waals surface area contributed by atoms with Crippen molar-refractivity contribution in [3.8, 4) is 11.1 Å². The quantitative estimate of drug-likeness (QED) is 0.891. The highest BCUT2D eigenvalue weighted by Crippen LogP contribution is 2.21. The molecule has 1 aliphatic heterocycles. The highest BCUT2D eigenvalue weighted by Gasteiger charge is 2.28. The molecular formula is C19H23NO2. The Balaban J connectivity index is 1.59. The number of hydrogen-bond acceptors (Lipinski definition) is 3. The maximum atomic E-state index is 10.4. The third kappa shape index (κ3) is 3.95. The minimum absolute atomic E-state index is 0.616. The summed E-state index contributed by atoms with van der Waals surface area (Å²) in [5.41, 5.74) is 3.07. The Morgan fingerprint density at radius 2 is 1.68 bits per heavy atom. The van der Waals surface area contributed by atoms with Crippen LogP contribution in [0.2, 0.25) is 0 Å². The van der Waals surface area contributed by atoms with E-state index in [1.807, 2.05) is 6.07 Å². The number of ether oxygens (including phenoxy) is 1. The first-order valence-corrected chi connectivity index (χ1v) is 7.90. The Hall–Kier alpha value is -1.68. The van der Waals surface area contributed by atoms with E-state index >= 15 is 0 Å². The molecule has 1 saturated heterocycles. The van der Waals surface area contributed by atoms with Crippen molar-refractivity contribution in [2.45, 2.75) is 25.0 Å². The molecule has 0 bridgehead atoms. The maximum absolute atomic E-state index is 10.4. The van der Waals surface area contributed by atoms with Crippen LogP contribution in [0.15, 0.2) is 54.6 Å². The lowest BCUT2D eigenvalue weighted by Crippen LogP contribution is -2.44. The molecule has 3 heteroatoms. The molecule has 116 valence electrons. The smallest absolute Gasteiger partial charge is 0.0815 e. The van der Waals surface area contributed by atoms with Crippen LogP contribution in [0.4, 0.5) is 0 Å². The molecule has 0 aliphatic carbocycles. The van der Waals surface area contributed by atoms with Crippen molar-refractivity contribution < 1.29 is 9.84 Å².